The molecule has 2 heterocycles. The number of nitrogens with zero attached hydrogens (tertiary/aromatic N) is 3. The lowest BCUT2D eigenvalue weighted by Gasteiger charge is -2.45. The van der Waals surface area contributed by atoms with Crippen molar-refractivity contribution in [2.45, 2.75) is 45.2 Å². The normalized spacial score (nSPS) is 21.2. The summed E-state index contributed by atoms with van der Waals surface area (Å²) in [4.78, 5) is 39.7. The Balaban J connectivity index is 1.58. The standard InChI is InChI=1S/C24H25N3O4S/c1-15-13-24(2,3)25(4)20-9-8-16(11-19(15)20)12-21-22(28)26(23(29)32-21)14-17-6-5-7-18(10-17)27(30)31/h5-12,15H,13-14H2,1-4H3/b21-12-. The van der Waals surface area contributed by atoms with Crippen molar-refractivity contribution in [1.82, 2.24) is 4.90 Å². The van der Waals surface area contributed by atoms with Crippen molar-refractivity contribution >= 4 is 40.4 Å². The summed E-state index contributed by atoms with van der Waals surface area (Å²) in [5.41, 5.74) is 3.84. The number of rotatable bonds is 4. The number of nitro groups is 1. The quantitative estimate of drug-likeness (QED) is 0.344. The summed E-state index contributed by atoms with van der Waals surface area (Å²) in [7, 11) is 2.10. The molecule has 166 valence electrons. The second kappa shape index (κ2) is 8.09. The number of imide groups is 1. The van der Waals surface area contributed by atoms with Crippen molar-refractivity contribution < 1.29 is 14.5 Å². The summed E-state index contributed by atoms with van der Waals surface area (Å²) < 4.78 is 0. The Bertz CT molecular complexity index is 1160. The lowest BCUT2D eigenvalue weighted by atomic mass is 9.80. The topological polar surface area (TPSA) is 83.8 Å². The highest BCUT2D eigenvalue weighted by atomic mass is 32.2. The molecule has 0 N–H and O–H groups in total. The van der Waals surface area contributed by atoms with E-state index < -0.39 is 4.92 Å². The van der Waals surface area contributed by atoms with E-state index in [2.05, 4.69) is 44.9 Å². The number of thioether (sulfide) groups is 1. The van der Waals surface area contributed by atoms with Gasteiger partial charge in [0, 0.05) is 30.4 Å². The smallest absolute Gasteiger partial charge is 0.293 e. The molecule has 0 spiro atoms. The second-order valence-corrected chi connectivity index (χ2v) is 9.98. The van der Waals surface area contributed by atoms with E-state index in [9.17, 15) is 19.7 Å². The molecule has 0 bridgehead atoms. The molecular formula is C24H25N3O4S. The molecule has 2 aromatic carbocycles. The van der Waals surface area contributed by atoms with Crippen molar-refractivity contribution in [2.24, 2.45) is 0 Å². The Kier molecular flexibility index (Phi) is 5.58. The maximum atomic E-state index is 12.9. The van der Waals surface area contributed by atoms with Gasteiger partial charge in [-0.15, -0.1) is 0 Å². The minimum absolute atomic E-state index is 0.00475. The van der Waals surface area contributed by atoms with Gasteiger partial charge in [0.1, 0.15) is 0 Å². The molecule has 2 aliphatic heterocycles. The molecule has 4 rings (SSSR count). The van der Waals surface area contributed by atoms with E-state index in [4.69, 9.17) is 0 Å². The molecule has 1 fully saturated rings. The molecule has 1 unspecified atom stereocenters. The molecule has 2 aliphatic rings. The van der Waals surface area contributed by atoms with Gasteiger partial charge >= 0.3 is 0 Å². The zero-order valence-corrected chi connectivity index (χ0v) is 19.3. The summed E-state index contributed by atoms with van der Waals surface area (Å²) in [6, 6.07) is 12.1. The van der Waals surface area contributed by atoms with Gasteiger partial charge in [0.15, 0.2) is 0 Å². The number of benzene rings is 2. The highest BCUT2D eigenvalue weighted by molar-refractivity contribution is 8.18. The maximum Gasteiger partial charge on any atom is 0.293 e. The molecule has 1 saturated heterocycles. The highest BCUT2D eigenvalue weighted by Crippen LogP contribution is 2.43. The first kappa shape index (κ1) is 22.1. The SMILES string of the molecule is CC1CC(C)(C)N(C)c2ccc(/C=C3\SC(=O)N(Cc4cccc([N+](=O)[O-])c4)C3=O)cc21. The number of non-ortho nitro benzene ring substituents is 1. The van der Waals surface area contributed by atoms with E-state index in [0.29, 0.717) is 16.4 Å². The first-order valence-electron chi connectivity index (χ1n) is 10.4. The number of hydrogen-bond acceptors (Lipinski definition) is 6. The van der Waals surface area contributed by atoms with Crippen LogP contribution in [0.5, 0.6) is 0 Å². The molecule has 32 heavy (non-hydrogen) atoms. The van der Waals surface area contributed by atoms with Gasteiger partial charge in [0.05, 0.1) is 16.4 Å². The minimum Gasteiger partial charge on any atom is -0.369 e. The van der Waals surface area contributed by atoms with Gasteiger partial charge < -0.3 is 4.90 Å². The van der Waals surface area contributed by atoms with Crippen LogP contribution in [0.25, 0.3) is 6.08 Å². The lowest BCUT2D eigenvalue weighted by molar-refractivity contribution is -0.384. The van der Waals surface area contributed by atoms with E-state index in [1.54, 1.807) is 18.2 Å². The number of carbonyl (C=O) groups is 2. The summed E-state index contributed by atoms with van der Waals surface area (Å²) >= 11 is 0.899. The average molecular weight is 452 g/mol. The van der Waals surface area contributed by atoms with Crippen LogP contribution in [0.3, 0.4) is 0 Å². The molecular weight excluding hydrogens is 426 g/mol. The van der Waals surface area contributed by atoms with Crippen molar-refractivity contribution in [1.29, 1.82) is 0 Å². The van der Waals surface area contributed by atoms with Crippen molar-refractivity contribution in [3.05, 3.63) is 74.2 Å². The minimum atomic E-state index is -0.493. The molecule has 1 atom stereocenters. The Morgan fingerprint density at radius 2 is 1.97 bits per heavy atom. The fourth-order valence-corrected chi connectivity index (χ4v) is 5.26. The zero-order chi connectivity index (χ0) is 23.2. The van der Waals surface area contributed by atoms with E-state index in [1.807, 2.05) is 6.07 Å². The fraction of sp³-hybridized carbons (Fsp3) is 0.333. The largest absolute Gasteiger partial charge is 0.369 e. The van der Waals surface area contributed by atoms with Crippen LogP contribution in [0.2, 0.25) is 0 Å². The summed E-state index contributed by atoms with van der Waals surface area (Å²) in [5.74, 6) is 0.00371. The number of carbonyl (C=O) groups excluding carboxylic acids is 2. The van der Waals surface area contributed by atoms with Gasteiger partial charge in [-0.3, -0.25) is 24.6 Å². The van der Waals surface area contributed by atoms with Crippen LogP contribution in [0.1, 0.15) is 49.8 Å². The van der Waals surface area contributed by atoms with Gasteiger partial charge in [-0.25, -0.2) is 0 Å². The highest BCUT2D eigenvalue weighted by Gasteiger charge is 2.36. The first-order chi connectivity index (χ1) is 15.1. The Morgan fingerprint density at radius 1 is 1.22 bits per heavy atom. The number of amides is 2. The van der Waals surface area contributed by atoms with Crippen LogP contribution in [0.4, 0.5) is 16.2 Å². The van der Waals surface area contributed by atoms with Gasteiger partial charge in [0.2, 0.25) is 0 Å². The Hall–Kier alpha value is -3.13. The van der Waals surface area contributed by atoms with Crippen LogP contribution in [0.15, 0.2) is 47.4 Å². The maximum absolute atomic E-state index is 12.9. The van der Waals surface area contributed by atoms with Gasteiger partial charge in [-0.1, -0.05) is 25.1 Å². The Morgan fingerprint density at radius 3 is 2.69 bits per heavy atom. The van der Waals surface area contributed by atoms with Crippen molar-refractivity contribution in [3.63, 3.8) is 0 Å². The number of nitro benzene ring substituents is 1. The van der Waals surface area contributed by atoms with Crippen LogP contribution in [-0.2, 0) is 11.3 Å². The van der Waals surface area contributed by atoms with Crippen LogP contribution < -0.4 is 4.90 Å². The zero-order valence-electron chi connectivity index (χ0n) is 18.5. The average Bonchev–Trinajstić information content (AvgIpc) is 2.99. The summed E-state index contributed by atoms with van der Waals surface area (Å²) in [5, 5.41) is 10.6. The number of anilines is 1. The van der Waals surface area contributed by atoms with E-state index in [0.717, 1.165) is 28.6 Å². The first-order valence-corrected chi connectivity index (χ1v) is 11.2. The second-order valence-electron chi connectivity index (χ2n) is 8.99. The van der Waals surface area contributed by atoms with Crippen molar-refractivity contribution in [3.8, 4) is 0 Å². The monoisotopic (exact) mass is 451 g/mol. The number of fused-ring (bicyclic) bond motifs is 1. The molecule has 0 aliphatic carbocycles. The van der Waals surface area contributed by atoms with E-state index in [-0.39, 0.29) is 28.9 Å². The molecule has 2 aromatic rings. The van der Waals surface area contributed by atoms with E-state index >= 15 is 0 Å². The van der Waals surface area contributed by atoms with E-state index in [1.165, 1.54) is 23.4 Å². The predicted molar refractivity (Wildman–Crippen MR) is 127 cm³/mol. The summed E-state index contributed by atoms with van der Waals surface area (Å²) in [6.07, 6.45) is 2.78. The third-order valence-electron chi connectivity index (χ3n) is 6.29. The van der Waals surface area contributed by atoms with Crippen molar-refractivity contribution in [2.75, 3.05) is 11.9 Å². The van der Waals surface area contributed by atoms with Crippen LogP contribution >= 0.6 is 11.8 Å². The van der Waals surface area contributed by atoms with Gasteiger partial charge in [0.25, 0.3) is 16.8 Å². The lowest BCUT2D eigenvalue weighted by Crippen LogP contribution is -2.45. The molecule has 7 nitrogen and oxygen atoms in total. The molecule has 8 heteroatoms. The molecule has 0 aromatic heterocycles. The Labute approximate surface area is 191 Å². The van der Waals surface area contributed by atoms with Gasteiger partial charge in [-0.2, -0.15) is 0 Å². The third-order valence-corrected chi connectivity index (χ3v) is 7.20. The van der Waals surface area contributed by atoms with Gasteiger partial charge in [-0.05, 0) is 72.8 Å². The third kappa shape index (κ3) is 4.02. The fourth-order valence-electron chi connectivity index (χ4n) is 4.42. The van der Waals surface area contributed by atoms with Crippen LogP contribution in [0, 0.1) is 10.1 Å². The molecule has 0 radical (unpaired) electrons. The summed E-state index contributed by atoms with van der Waals surface area (Å²) in [6.45, 7) is 6.69. The van der Waals surface area contributed by atoms with Crippen LogP contribution in [-0.4, -0.2) is 33.6 Å². The molecule has 2 amide bonds. The number of hydrogen-bond donors (Lipinski definition) is 0. The molecule has 0 saturated carbocycles. The predicted octanol–water partition coefficient (Wildman–Crippen LogP) is 5.55.